The van der Waals surface area contributed by atoms with Crippen molar-refractivity contribution in [2.45, 2.75) is 59.9 Å². The van der Waals surface area contributed by atoms with Crippen LogP contribution in [-0.4, -0.2) is 25.8 Å². The Morgan fingerprint density at radius 3 is 2.25 bits per heavy atom. The number of aryl methyl sites for hydroxylation is 3. The van der Waals surface area contributed by atoms with E-state index in [1.54, 1.807) is 0 Å². The average Bonchev–Trinajstić information content (AvgIpc) is 2.39. The van der Waals surface area contributed by atoms with Gasteiger partial charge < -0.3 is 10.1 Å². The van der Waals surface area contributed by atoms with E-state index in [-0.39, 0.29) is 0 Å². The normalized spacial score (nSPS) is 12.7. The maximum atomic E-state index is 5.76. The quantitative estimate of drug-likeness (QED) is 0.690. The van der Waals surface area contributed by atoms with Crippen LogP contribution in [0, 0.1) is 20.8 Å². The Morgan fingerprint density at radius 1 is 1.05 bits per heavy atom. The van der Waals surface area contributed by atoms with Gasteiger partial charge in [-0.15, -0.1) is 0 Å². The third-order valence-corrected chi connectivity index (χ3v) is 3.64. The molecule has 0 aliphatic carbocycles. The molecule has 20 heavy (non-hydrogen) atoms. The standard InChI is InChI=1S/C18H31NO/c1-6-8-19-17(13-20-9-7-2)12-18-15(4)10-14(3)11-16(18)5/h10-11,17,19H,6-9,12-13H2,1-5H3. The molecule has 0 bridgehead atoms. The van der Waals surface area contributed by atoms with Crippen molar-refractivity contribution in [3.8, 4) is 0 Å². The van der Waals surface area contributed by atoms with E-state index in [4.69, 9.17) is 4.74 Å². The van der Waals surface area contributed by atoms with Crippen molar-refractivity contribution in [1.29, 1.82) is 0 Å². The second-order valence-corrected chi connectivity index (χ2v) is 5.81. The third-order valence-electron chi connectivity index (χ3n) is 3.64. The van der Waals surface area contributed by atoms with Crippen LogP contribution in [0.1, 0.15) is 48.9 Å². The first-order chi connectivity index (χ1) is 9.58. The van der Waals surface area contributed by atoms with Crippen LogP contribution >= 0.6 is 0 Å². The second-order valence-electron chi connectivity index (χ2n) is 5.81. The summed E-state index contributed by atoms with van der Waals surface area (Å²) in [6.45, 7) is 13.7. The van der Waals surface area contributed by atoms with Crippen molar-refractivity contribution >= 4 is 0 Å². The summed E-state index contributed by atoms with van der Waals surface area (Å²) in [7, 11) is 0. The van der Waals surface area contributed by atoms with E-state index in [1.165, 1.54) is 22.3 Å². The van der Waals surface area contributed by atoms with Gasteiger partial charge in [0.15, 0.2) is 0 Å². The van der Waals surface area contributed by atoms with Gasteiger partial charge in [-0.1, -0.05) is 31.5 Å². The Kier molecular flexibility index (Phi) is 7.86. The molecule has 0 aromatic heterocycles. The highest BCUT2D eigenvalue weighted by molar-refractivity contribution is 5.38. The van der Waals surface area contributed by atoms with E-state index in [0.29, 0.717) is 6.04 Å². The van der Waals surface area contributed by atoms with Gasteiger partial charge in [0.1, 0.15) is 0 Å². The molecule has 1 rings (SSSR count). The van der Waals surface area contributed by atoms with Crippen LogP contribution in [0.5, 0.6) is 0 Å². The van der Waals surface area contributed by atoms with E-state index in [9.17, 15) is 0 Å². The minimum atomic E-state index is 0.418. The summed E-state index contributed by atoms with van der Waals surface area (Å²) in [6, 6.07) is 4.99. The molecule has 114 valence electrons. The van der Waals surface area contributed by atoms with Gasteiger partial charge in [-0.2, -0.15) is 0 Å². The molecule has 0 amide bonds. The number of benzene rings is 1. The Labute approximate surface area is 124 Å². The fraction of sp³-hybridized carbons (Fsp3) is 0.667. The smallest absolute Gasteiger partial charge is 0.0622 e. The van der Waals surface area contributed by atoms with E-state index >= 15 is 0 Å². The molecule has 1 N–H and O–H groups in total. The number of nitrogens with one attached hydrogen (secondary N) is 1. The van der Waals surface area contributed by atoms with Crippen molar-refractivity contribution in [1.82, 2.24) is 5.32 Å². The lowest BCUT2D eigenvalue weighted by Gasteiger charge is -2.21. The molecule has 0 radical (unpaired) electrons. The van der Waals surface area contributed by atoms with Gasteiger partial charge in [0.2, 0.25) is 0 Å². The zero-order valence-electron chi connectivity index (χ0n) is 13.9. The average molecular weight is 277 g/mol. The minimum absolute atomic E-state index is 0.418. The molecule has 1 aromatic carbocycles. The molecule has 0 aliphatic rings. The van der Waals surface area contributed by atoms with Crippen molar-refractivity contribution in [3.05, 3.63) is 34.4 Å². The van der Waals surface area contributed by atoms with Gasteiger partial charge in [0, 0.05) is 12.6 Å². The van der Waals surface area contributed by atoms with Crippen LogP contribution in [0.4, 0.5) is 0 Å². The van der Waals surface area contributed by atoms with Crippen molar-refractivity contribution < 1.29 is 4.74 Å². The van der Waals surface area contributed by atoms with Gasteiger partial charge in [-0.05, 0) is 63.3 Å². The van der Waals surface area contributed by atoms with E-state index < -0.39 is 0 Å². The first kappa shape index (κ1) is 17.2. The maximum absolute atomic E-state index is 5.76. The van der Waals surface area contributed by atoms with Gasteiger partial charge in [0.25, 0.3) is 0 Å². The van der Waals surface area contributed by atoms with Crippen LogP contribution in [-0.2, 0) is 11.2 Å². The lowest BCUT2D eigenvalue weighted by atomic mass is 9.94. The largest absolute Gasteiger partial charge is 0.380 e. The third kappa shape index (κ3) is 5.64. The molecular formula is C18H31NO. The van der Waals surface area contributed by atoms with Crippen LogP contribution in [0.25, 0.3) is 0 Å². The Bertz CT molecular complexity index is 377. The predicted octanol–water partition coefficient (Wildman–Crippen LogP) is 3.95. The highest BCUT2D eigenvalue weighted by Gasteiger charge is 2.12. The highest BCUT2D eigenvalue weighted by Crippen LogP contribution is 2.18. The SMILES string of the molecule is CCCNC(COCCC)Cc1c(C)cc(C)cc1C. The zero-order valence-corrected chi connectivity index (χ0v) is 13.9. The molecule has 0 aliphatic heterocycles. The van der Waals surface area contributed by atoms with Gasteiger partial charge in [-0.3, -0.25) is 0 Å². The second kappa shape index (κ2) is 9.15. The van der Waals surface area contributed by atoms with Gasteiger partial charge in [-0.25, -0.2) is 0 Å². The van der Waals surface area contributed by atoms with E-state index in [2.05, 4.69) is 52.1 Å². The van der Waals surface area contributed by atoms with Crippen LogP contribution in [0.15, 0.2) is 12.1 Å². The highest BCUT2D eigenvalue weighted by atomic mass is 16.5. The van der Waals surface area contributed by atoms with Crippen molar-refractivity contribution in [3.63, 3.8) is 0 Å². The lowest BCUT2D eigenvalue weighted by Crippen LogP contribution is -2.36. The summed E-state index contributed by atoms with van der Waals surface area (Å²) < 4.78 is 5.76. The molecule has 0 heterocycles. The molecule has 0 saturated carbocycles. The molecule has 1 unspecified atom stereocenters. The summed E-state index contributed by atoms with van der Waals surface area (Å²) in [6.07, 6.45) is 3.31. The number of hydrogen-bond donors (Lipinski definition) is 1. The topological polar surface area (TPSA) is 21.3 Å². The summed E-state index contributed by atoms with van der Waals surface area (Å²) in [4.78, 5) is 0. The van der Waals surface area contributed by atoms with Crippen LogP contribution < -0.4 is 5.32 Å². The zero-order chi connectivity index (χ0) is 15.0. The molecule has 2 heteroatoms. The number of hydrogen-bond acceptors (Lipinski definition) is 2. The summed E-state index contributed by atoms with van der Waals surface area (Å²) in [5.41, 5.74) is 5.64. The Balaban J connectivity index is 2.72. The fourth-order valence-electron chi connectivity index (χ4n) is 2.69. The van der Waals surface area contributed by atoms with E-state index in [1.807, 2.05) is 0 Å². The molecular weight excluding hydrogens is 246 g/mol. The maximum Gasteiger partial charge on any atom is 0.0622 e. The molecule has 0 saturated heterocycles. The van der Waals surface area contributed by atoms with Crippen LogP contribution in [0.3, 0.4) is 0 Å². The molecule has 1 aromatic rings. The molecule has 0 spiro atoms. The summed E-state index contributed by atoms with van der Waals surface area (Å²) >= 11 is 0. The monoisotopic (exact) mass is 277 g/mol. The number of rotatable bonds is 9. The van der Waals surface area contributed by atoms with Crippen LogP contribution in [0.2, 0.25) is 0 Å². The molecule has 1 atom stereocenters. The van der Waals surface area contributed by atoms with Crippen molar-refractivity contribution in [2.75, 3.05) is 19.8 Å². The Morgan fingerprint density at radius 2 is 1.70 bits per heavy atom. The molecule has 0 fully saturated rings. The van der Waals surface area contributed by atoms with Gasteiger partial charge in [0.05, 0.1) is 6.61 Å². The first-order valence-electron chi connectivity index (χ1n) is 7.96. The minimum Gasteiger partial charge on any atom is -0.380 e. The summed E-state index contributed by atoms with van der Waals surface area (Å²) in [5.74, 6) is 0. The predicted molar refractivity (Wildman–Crippen MR) is 87.5 cm³/mol. The summed E-state index contributed by atoms with van der Waals surface area (Å²) in [5, 5.41) is 3.62. The Hall–Kier alpha value is -0.860. The van der Waals surface area contributed by atoms with Crippen molar-refractivity contribution in [2.24, 2.45) is 0 Å². The van der Waals surface area contributed by atoms with Gasteiger partial charge >= 0.3 is 0 Å². The molecule has 2 nitrogen and oxygen atoms in total. The fourth-order valence-corrected chi connectivity index (χ4v) is 2.69. The number of ether oxygens (including phenoxy) is 1. The van der Waals surface area contributed by atoms with E-state index in [0.717, 1.165) is 39.0 Å². The lowest BCUT2D eigenvalue weighted by molar-refractivity contribution is 0.111. The first-order valence-corrected chi connectivity index (χ1v) is 7.96.